The summed E-state index contributed by atoms with van der Waals surface area (Å²) < 4.78 is 1.63. The Kier molecular flexibility index (Phi) is 6.02. The number of carbonyl (C=O) groups is 2. The lowest BCUT2D eigenvalue weighted by Crippen LogP contribution is -2.31. The van der Waals surface area contributed by atoms with Crippen molar-refractivity contribution in [3.05, 3.63) is 22.4 Å². The van der Waals surface area contributed by atoms with E-state index >= 15 is 0 Å². The normalized spacial score (nSPS) is 10.4. The summed E-state index contributed by atoms with van der Waals surface area (Å²) >= 11 is 5.66. The first-order valence-corrected chi connectivity index (χ1v) is 9.32. The number of imide groups is 1. The molecule has 9 heteroatoms. The highest BCUT2D eigenvalue weighted by molar-refractivity contribution is 8.03. The number of aromatic nitrogens is 2. The summed E-state index contributed by atoms with van der Waals surface area (Å²) in [6.45, 7) is 2.04. The lowest BCUT2D eigenvalue weighted by molar-refractivity contribution is -0.117. The van der Waals surface area contributed by atoms with Crippen LogP contribution >= 0.6 is 46.2 Å². The number of nitrogens with zero attached hydrogens (tertiary/aromatic N) is 2. The second-order valence-electron chi connectivity index (χ2n) is 3.41. The standard InChI is InChI=1S/C11H11N3O2S4/c1-2-17-10-13-14-11(20-10)19-6-8(15)12-9(16)7-4-3-5-18-7/h3-5H,2,6H2,1H3,(H,12,15,16). The zero-order chi connectivity index (χ0) is 14.4. The molecule has 0 aliphatic carbocycles. The van der Waals surface area contributed by atoms with Crippen LogP contribution in [0.2, 0.25) is 0 Å². The summed E-state index contributed by atoms with van der Waals surface area (Å²) in [5.74, 6) is 0.413. The van der Waals surface area contributed by atoms with E-state index in [1.807, 2.05) is 6.92 Å². The average molecular weight is 345 g/mol. The number of nitrogens with one attached hydrogen (secondary N) is 1. The number of rotatable bonds is 6. The summed E-state index contributed by atoms with van der Waals surface area (Å²) in [6.07, 6.45) is 0. The quantitative estimate of drug-likeness (QED) is 0.812. The van der Waals surface area contributed by atoms with Crippen molar-refractivity contribution in [3.63, 3.8) is 0 Å². The third kappa shape index (κ3) is 4.58. The van der Waals surface area contributed by atoms with Gasteiger partial charge < -0.3 is 0 Å². The van der Waals surface area contributed by atoms with Crippen molar-refractivity contribution in [1.82, 2.24) is 15.5 Å². The van der Waals surface area contributed by atoms with E-state index in [-0.39, 0.29) is 17.6 Å². The summed E-state index contributed by atoms with van der Waals surface area (Å²) in [5, 5.41) is 12.1. The number of thioether (sulfide) groups is 2. The van der Waals surface area contributed by atoms with Gasteiger partial charge in [0.15, 0.2) is 8.68 Å². The van der Waals surface area contributed by atoms with Crippen LogP contribution < -0.4 is 5.32 Å². The Labute approximate surface area is 132 Å². The minimum absolute atomic E-state index is 0.155. The first-order chi connectivity index (χ1) is 9.69. The first-order valence-electron chi connectivity index (χ1n) is 5.66. The van der Waals surface area contributed by atoms with Gasteiger partial charge in [0, 0.05) is 0 Å². The fraction of sp³-hybridized carbons (Fsp3) is 0.273. The molecule has 2 aromatic rings. The Morgan fingerprint density at radius 3 is 2.70 bits per heavy atom. The van der Waals surface area contributed by atoms with Crippen molar-refractivity contribution in [2.24, 2.45) is 0 Å². The van der Waals surface area contributed by atoms with E-state index in [0.29, 0.717) is 4.88 Å². The summed E-state index contributed by atoms with van der Waals surface area (Å²) in [7, 11) is 0. The van der Waals surface area contributed by atoms with Crippen LogP contribution in [0.1, 0.15) is 16.6 Å². The van der Waals surface area contributed by atoms with E-state index in [4.69, 9.17) is 0 Å². The molecule has 0 radical (unpaired) electrons. The van der Waals surface area contributed by atoms with E-state index in [1.54, 1.807) is 29.3 Å². The van der Waals surface area contributed by atoms with Crippen LogP contribution in [0.3, 0.4) is 0 Å². The molecule has 0 aliphatic rings. The summed E-state index contributed by atoms with van der Waals surface area (Å²) in [6, 6.07) is 3.45. The van der Waals surface area contributed by atoms with Gasteiger partial charge in [-0.3, -0.25) is 14.9 Å². The van der Waals surface area contributed by atoms with Gasteiger partial charge in [-0.1, -0.05) is 47.9 Å². The van der Waals surface area contributed by atoms with Crippen molar-refractivity contribution < 1.29 is 9.59 Å². The Morgan fingerprint density at radius 2 is 2.05 bits per heavy atom. The minimum atomic E-state index is -0.356. The molecule has 0 aliphatic heterocycles. The SMILES string of the molecule is CCSc1nnc(SCC(=O)NC(=O)c2cccs2)s1. The molecule has 0 spiro atoms. The minimum Gasteiger partial charge on any atom is -0.291 e. The van der Waals surface area contributed by atoms with Crippen molar-refractivity contribution >= 4 is 58.0 Å². The van der Waals surface area contributed by atoms with Crippen molar-refractivity contribution in [3.8, 4) is 0 Å². The van der Waals surface area contributed by atoms with Gasteiger partial charge in [-0.05, 0) is 17.2 Å². The predicted octanol–water partition coefficient (Wildman–Crippen LogP) is 2.76. The molecule has 0 saturated carbocycles. The van der Waals surface area contributed by atoms with Crippen LogP contribution in [0.5, 0.6) is 0 Å². The maximum Gasteiger partial charge on any atom is 0.267 e. The van der Waals surface area contributed by atoms with Gasteiger partial charge in [-0.2, -0.15) is 0 Å². The topological polar surface area (TPSA) is 72.0 Å². The lowest BCUT2D eigenvalue weighted by Gasteiger charge is -2.00. The smallest absolute Gasteiger partial charge is 0.267 e. The molecular weight excluding hydrogens is 334 g/mol. The lowest BCUT2D eigenvalue weighted by atomic mass is 10.4. The molecule has 0 saturated heterocycles. The zero-order valence-electron chi connectivity index (χ0n) is 10.5. The van der Waals surface area contributed by atoms with Crippen LogP contribution in [0, 0.1) is 0 Å². The van der Waals surface area contributed by atoms with Gasteiger partial charge in [0.25, 0.3) is 5.91 Å². The Balaban J connectivity index is 1.78. The molecule has 5 nitrogen and oxygen atoms in total. The van der Waals surface area contributed by atoms with Gasteiger partial charge in [0.2, 0.25) is 5.91 Å². The highest BCUT2D eigenvalue weighted by Gasteiger charge is 2.12. The largest absolute Gasteiger partial charge is 0.291 e. The molecular formula is C11H11N3O2S4. The molecule has 1 N–H and O–H groups in total. The third-order valence-corrected chi connectivity index (χ3v) is 5.92. The molecule has 2 rings (SSSR count). The molecule has 2 aromatic heterocycles. The highest BCUT2D eigenvalue weighted by Crippen LogP contribution is 2.28. The maximum atomic E-state index is 11.7. The van der Waals surface area contributed by atoms with Gasteiger partial charge in [0.05, 0.1) is 10.6 Å². The third-order valence-electron chi connectivity index (χ3n) is 1.98. The van der Waals surface area contributed by atoms with Crippen LogP contribution in [0.25, 0.3) is 0 Å². The molecule has 0 bridgehead atoms. The van der Waals surface area contributed by atoms with Gasteiger partial charge in [0.1, 0.15) is 0 Å². The highest BCUT2D eigenvalue weighted by atomic mass is 32.2. The number of carbonyl (C=O) groups excluding carboxylic acids is 2. The Morgan fingerprint density at radius 1 is 1.30 bits per heavy atom. The monoisotopic (exact) mass is 345 g/mol. The molecule has 0 unspecified atom stereocenters. The zero-order valence-corrected chi connectivity index (χ0v) is 13.8. The van der Waals surface area contributed by atoms with E-state index in [0.717, 1.165) is 14.4 Å². The molecule has 2 heterocycles. The van der Waals surface area contributed by atoms with E-state index in [1.165, 1.54) is 34.4 Å². The number of hydrogen-bond donors (Lipinski definition) is 1. The fourth-order valence-corrected chi connectivity index (χ4v) is 4.53. The van der Waals surface area contributed by atoms with Crippen LogP contribution in [-0.2, 0) is 4.79 Å². The Hall–Kier alpha value is -0.900. The van der Waals surface area contributed by atoms with Crippen molar-refractivity contribution in [2.45, 2.75) is 15.6 Å². The predicted molar refractivity (Wildman–Crippen MR) is 83.8 cm³/mol. The van der Waals surface area contributed by atoms with Gasteiger partial charge in [-0.25, -0.2) is 0 Å². The molecule has 2 amide bonds. The number of amides is 2. The molecule has 0 atom stereocenters. The second-order valence-corrected chi connectivity index (χ2v) is 8.07. The molecule has 0 aromatic carbocycles. The van der Waals surface area contributed by atoms with Crippen LogP contribution in [0.15, 0.2) is 26.2 Å². The van der Waals surface area contributed by atoms with Crippen molar-refractivity contribution in [1.29, 1.82) is 0 Å². The fourth-order valence-electron chi connectivity index (χ4n) is 1.20. The number of hydrogen-bond acceptors (Lipinski definition) is 8. The second kappa shape index (κ2) is 7.77. The molecule has 0 fully saturated rings. The maximum absolute atomic E-state index is 11.7. The summed E-state index contributed by atoms with van der Waals surface area (Å²) in [5.41, 5.74) is 0. The van der Waals surface area contributed by atoms with Gasteiger partial charge >= 0.3 is 0 Å². The van der Waals surface area contributed by atoms with E-state index < -0.39 is 0 Å². The molecule has 20 heavy (non-hydrogen) atoms. The Bertz CT molecular complexity index is 582. The average Bonchev–Trinajstić information content (AvgIpc) is 3.08. The van der Waals surface area contributed by atoms with Gasteiger partial charge in [-0.15, -0.1) is 21.5 Å². The van der Waals surface area contributed by atoms with Crippen LogP contribution in [0.4, 0.5) is 0 Å². The summed E-state index contributed by atoms with van der Waals surface area (Å²) in [4.78, 5) is 23.8. The first kappa shape index (κ1) is 15.5. The van der Waals surface area contributed by atoms with Crippen LogP contribution in [-0.4, -0.2) is 33.5 Å². The van der Waals surface area contributed by atoms with Crippen molar-refractivity contribution in [2.75, 3.05) is 11.5 Å². The van der Waals surface area contributed by atoms with E-state index in [2.05, 4.69) is 15.5 Å². The van der Waals surface area contributed by atoms with E-state index in [9.17, 15) is 9.59 Å². The number of thiophene rings is 1. The molecule has 106 valence electrons.